The van der Waals surface area contributed by atoms with Gasteiger partial charge in [-0.15, -0.1) is 0 Å². The molecule has 1 aliphatic heterocycles. The monoisotopic (exact) mass is 247 g/mol. The Morgan fingerprint density at radius 1 is 1.29 bits per heavy atom. The molecule has 1 heterocycles. The molecule has 0 bridgehead atoms. The molecule has 0 spiro atoms. The normalized spacial score (nSPS) is 17.2. The van der Waals surface area contributed by atoms with E-state index in [-0.39, 0.29) is 4.90 Å². The van der Waals surface area contributed by atoms with Crippen molar-refractivity contribution in [1.29, 1.82) is 0 Å². The van der Waals surface area contributed by atoms with Gasteiger partial charge in [-0.25, -0.2) is 0 Å². The summed E-state index contributed by atoms with van der Waals surface area (Å²) in [5, 5.41) is 0. The van der Waals surface area contributed by atoms with Gasteiger partial charge in [0.2, 0.25) is 0 Å². The van der Waals surface area contributed by atoms with Gasteiger partial charge in [0.15, 0.2) is 0 Å². The molecule has 2 aliphatic rings. The van der Waals surface area contributed by atoms with Gasteiger partial charge in [0.05, 0.1) is 11.4 Å². The first-order valence-electron chi connectivity index (χ1n) is 5.13. The van der Waals surface area contributed by atoms with Crippen molar-refractivity contribution in [3.8, 4) is 0 Å². The van der Waals surface area contributed by atoms with E-state index in [1.807, 2.05) is 18.2 Å². The van der Waals surface area contributed by atoms with Crippen LogP contribution in [0.25, 0.3) is 5.57 Å². The lowest BCUT2D eigenvalue weighted by Crippen LogP contribution is -2.05. The van der Waals surface area contributed by atoms with Crippen LogP contribution in [0.3, 0.4) is 0 Å². The van der Waals surface area contributed by atoms with Gasteiger partial charge in [0.1, 0.15) is 4.90 Å². The topological polar surface area (TPSA) is 66.7 Å². The fraction of sp³-hybridized carbons (Fsp3) is 0.0833. The number of allylic oxidation sites excluding steroid dienone is 4. The standard InChI is InChI=1S/C12H9NO3S/c14-17(15,16)11-7-3-6-10-12(11)8-4-1-2-5-9(8)13-10/h1-4,6-7H,5H2,(H,14,15,16). The maximum Gasteiger partial charge on any atom is 0.295 e. The second-order valence-corrected chi connectivity index (χ2v) is 5.29. The third-order valence-corrected chi connectivity index (χ3v) is 3.72. The molecule has 0 aromatic heterocycles. The summed E-state index contributed by atoms with van der Waals surface area (Å²) in [4.78, 5) is 4.30. The Labute approximate surface area is 98.8 Å². The zero-order valence-corrected chi connectivity index (χ0v) is 9.61. The van der Waals surface area contributed by atoms with E-state index in [2.05, 4.69) is 4.99 Å². The molecule has 0 saturated carbocycles. The zero-order chi connectivity index (χ0) is 12.0. The van der Waals surface area contributed by atoms with E-state index in [1.54, 1.807) is 12.1 Å². The summed E-state index contributed by atoms with van der Waals surface area (Å²) < 4.78 is 31.9. The molecule has 0 fully saturated rings. The van der Waals surface area contributed by atoms with Crippen molar-refractivity contribution in [1.82, 2.24) is 0 Å². The van der Waals surface area contributed by atoms with Crippen LogP contribution in [0.2, 0.25) is 0 Å². The van der Waals surface area contributed by atoms with Crippen molar-refractivity contribution in [3.05, 3.63) is 42.0 Å². The van der Waals surface area contributed by atoms with Gasteiger partial charge < -0.3 is 0 Å². The Bertz CT molecular complexity index is 696. The Kier molecular flexibility index (Phi) is 2.08. The van der Waals surface area contributed by atoms with Crippen LogP contribution in [0.5, 0.6) is 0 Å². The molecule has 1 aromatic carbocycles. The minimum atomic E-state index is -4.22. The van der Waals surface area contributed by atoms with Crippen LogP contribution in [0, 0.1) is 0 Å². The molecule has 1 N–H and O–H groups in total. The highest BCUT2D eigenvalue weighted by Gasteiger charge is 2.28. The fourth-order valence-electron chi connectivity index (χ4n) is 2.13. The summed E-state index contributed by atoms with van der Waals surface area (Å²) in [5.41, 5.74) is 2.74. The van der Waals surface area contributed by atoms with E-state index < -0.39 is 10.1 Å². The Morgan fingerprint density at radius 3 is 2.88 bits per heavy atom. The molecular formula is C12H9NO3S. The lowest BCUT2D eigenvalue weighted by molar-refractivity contribution is 0.483. The predicted octanol–water partition coefficient (Wildman–Crippen LogP) is 2.36. The van der Waals surface area contributed by atoms with Gasteiger partial charge in [0.25, 0.3) is 10.1 Å². The number of nitrogens with zero attached hydrogens (tertiary/aromatic N) is 1. The molecular weight excluding hydrogens is 238 g/mol. The van der Waals surface area contributed by atoms with E-state index in [4.69, 9.17) is 0 Å². The molecule has 3 rings (SSSR count). The Morgan fingerprint density at radius 2 is 2.12 bits per heavy atom. The molecule has 1 aliphatic carbocycles. The van der Waals surface area contributed by atoms with Crippen LogP contribution in [0.4, 0.5) is 5.69 Å². The number of aliphatic imine (C=N–C) groups is 1. The zero-order valence-electron chi connectivity index (χ0n) is 8.79. The number of benzene rings is 1. The van der Waals surface area contributed by atoms with Gasteiger partial charge in [-0.3, -0.25) is 9.55 Å². The molecule has 17 heavy (non-hydrogen) atoms. The lowest BCUT2D eigenvalue weighted by Gasteiger charge is -2.09. The minimum absolute atomic E-state index is 0.0738. The molecule has 0 radical (unpaired) electrons. The Balaban J connectivity index is 2.33. The highest BCUT2D eigenvalue weighted by atomic mass is 32.2. The summed E-state index contributed by atoms with van der Waals surface area (Å²) in [5.74, 6) is 0. The largest absolute Gasteiger partial charge is 0.295 e. The van der Waals surface area contributed by atoms with Crippen molar-refractivity contribution in [3.63, 3.8) is 0 Å². The van der Waals surface area contributed by atoms with Crippen LogP contribution in [-0.2, 0) is 10.1 Å². The first kappa shape index (κ1) is 10.4. The van der Waals surface area contributed by atoms with Crippen LogP contribution in [0.1, 0.15) is 12.0 Å². The highest BCUT2D eigenvalue weighted by Crippen LogP contribution is 2.40. The van der Waals surface area contributed by atoms with Crippen molar-refractivity contribution in [2.45, 2.75) is 11.3 Å². The van der Waals surface area contributed by atoms with E-state index in [1.165, 1.54) is 6.07 Å². The van der Waals surface area contributed by atoms with E-state index >= 15 is 0 Å². The van der Waals surface area contributed by atoms with Gasteiger partial charge in [-0.1, -0.05) is 24.3 Å². The maximum atomic E-state index is 11.3. The van der Waals surface area contributed by atoms with Gasteiger partial charge >= 0.3 is 0 Å². The molecule has 0 unspecified atom stereocenters. The second-order valence-electron chi connectivity index (χ2n) is 3.90. The molecule has 0 amide bonds. The number of rotatable bonds is 1. The lowest BCUT2D eigenvalue weighted by atomic mass is 9.97. The molecule has 0 saturated heterocycles. The fourth-order valence-corrected chi connectivity index (χ4v) is 2.85. The molecule has 4 nitrogen and oxygen atoms in total. The van der Waals surface area contributed by atoms with Gasteiger partial charge in [-0.05, 0) is 12.1 Å². The first-order chi connectivity index (χ1) is 8.07. The van der Waals surface area contributed by atoms with Crippen molar-refractivity contribution in [2.24, 2.45) is 4.99 Å². The molecule has 0 atom stereocenters. The average Bonchev–Trinajstić information content (AvgIpc) is 2.65. The first-order valence-corrected chi connectivity index (χ1v) is 6.57. The third kappa shape index (κ3) is 1.55. The summed E-state index contributed by atoms with van der Waals surface area (Å²) >= 11 is 0. The SMILES string of the molecule is O=S(=O)(O)c1cccc2c1C1=CC=CCC1=N2. The quantitative estimate of drug-likeness (QED) is 0.775. The number of hydrogen-bond acceptors (Lipinski definition) is 3. The van der Waals surface area contributed by atoms with Gasteiger partial charge in [0, 0.05) is 17.6 Å². The predicted molar refractivity (Wildman–Crippen MR) is 65.1 cm³/mol. The van der Waals surface area contributed by atoms with Crippen molar-refractivity contribution in [2.75, 3.05) is 0 Å². The smallest absolute Gasteiger partial charge is 0.282 e. The average molecular weight is 247 g/mol. The summed E-state index contributed by atoms with van der Waals surface area (Å²) in [6, 6.07) is 4.72. The molecule has 1 aromatic rings. The van der Waals surface area contributed by atoms with Crippen molar-refractivity contribution < 1.29 is 13.0 Å². The summed E-state index contributed by atoms with van der Waals surface area (Å²) in [6.45, 7) is 0. The number of fused-ring (bicyclic) bond motifs is 3. The van der Waals surface area contributed by atoms with Crippen LogP contribution in [-0.4, -0.2) is 18.7 Å². The van der Waals surface area contributed by atoms with Crippen LogP contribution < -0.4 is 0 Å². The molecule has 86 valence electrons. The second kappa shape index (κ2) is 3.38. The summed E-state index contributed by atoms with van der Waals surface area (Å²) in [7, 11) is -4.22. The maximum absolute atomic E-state index is 11.3. The van der Waals surface area contributed by atoms with Gasteiger partial charge in [-0.2, -0.15) is 8.42 Å². The van der Waals surface area contributed by atoms with E-state index in [9.17, 15) is 13.0 Å². The van der Waals surface area contributed by atoms with Crippen molar-refractivity contribution >= 4 is 27.1 Å². The number of hydrogen-bond donors (Lipinski definition) is 1. The van der Waals surface area contributed by atoms with Crippen LogP contribution >= 0.6 is 0 Å². The van der Waals surface area contributed by atoms with E-state index in [0.29, 0.717) is 17.7 Å². The third-order valence-electron chi connectivity index (χ3n) is 2.83. The Hall–Kier alpha value is -1.72. The van der Waals surface area contributed by atoms with Crippen LogP contribution in [0.15, 0.2) is 46.3 Å². The van der Waals surface area contributed by atoms with E-state index in [0.717, 1.165) is 11.3 Å². The molecule has 5 heteroatoms. The highest BCUT2D eigenvalue weighted by molar-refractivity contribution is 7.86. The summed E-state index contributed by atoms with van der Waals surface area (Å²) in [6.07, 6.45) is 6.33. The minimum Gasteiger partial charge on any atom is -0.282 e.